The number of nitrogens with zero attached hydrogens (tertiary/aromatic N) is 1. The highest BCUT2D eigenvalue weighted by Gasteiger charge is 2.26. The summed E-state index contributed by atoms with van der Waals surface area (Å²) >= 11 is 0. The Balaban J connectivity index is 1.95. The SMILES string of the molecule is COC(=O)CN1CC(N)CC(Cc2cccc(F)c2)C1. The molecule has 1 aromatic carbocycles. The predicted molar refractivity (Wildman–Crippen MR) is 74.6 cm³/mol. The number of likely N-dealkylation sites (tertiary alicyclic amines) is 1. The molecule has 4 nitrogen and oxygen atoms in total. The second-order valence-electron chi connectivity index (χ2n) is 5.47. The number of esters is 1. The van der Waals surface area contributed by atoms with Crippen LogP contribution in [0, 0.1) is 11.7 Å². The molecule has 2 rings (SSSR count). The van der Waals surface area contributed by atoms with Gasteiger partial charge in [0.2, 0.25) is 0 Å². The third kappa shape index (κ3) is 4.28. The number of piperidine rings is 1. The van der Waals surface area contributed by atoms with E-state index < -0.39 is 0 Å². The van der Waals surface area contributed by atoms with Crippen molar-refractivity contribution >= 4 is 5.97 Å². The summed E-state index contributed by atoms with van der Waals surface area (Å²) in [6.07, 6.45) is 1.68. The zero-order valence-corrected chi connectivity index (χ0v) is 11.7. The number of methoxy groups -OCH3 is 1. The summed E-state index contributed by atoms with van der Waals surface area (Å²) in [5.74, 6) is -0.122. The Hall–Kier alpha value is -1.46. The molecule has 0 aromatic heterocycles. The van der Waals surface area contributed by atoms with Crippen LogP contribution >= 0.6 is 0 Å². The molecule has 1 fully saturated rings. The van der Waals surface area contributed by atoms with Gasteiger partial charge in [0.05, 0.1) is 13.7 Å². The van der Waals surface area contributed by atoms with E-state index in [2.05, 4.69) is 4.74 Å². The van der Waals surface area contributed by atoms with Gasteiger partial charge in [-0.15, -0.1) is 0 Å². The molecule has 1 aromatic rings. The van der Waals surface area contributed by atoms with Gasteiger partial charge in [-0.25, -0.2) is 4.39 Å². The summed E-state index contributed by atoms with van der Waals surface area (Å²) in [5.41, 5.74) is 7.02. The minimum atomic E-state index is -0.247. The van der Waals surface area contributed by atoms with Gasteiger partial charge in [0.25, 0.3) is 0 Å². The van der Waals surface area contributed by atoms with E-state index in [4.69, 9.17) is 5.73 Å². The number of nitrogens with two attached hydrogens (primary N) is 1. The van der Waals surface area contributed by atoms with Crippen molar-refractivity contribution < 1.29 is 13.9 Å². The van der Waals surface area contributed by atoms with Crippen molar-refractivity contribution in [3.63, 3.8) is 0 Å². The normalized spacial score (nSPS) is 23.6. The lowest BCUT2D eigenvalue weighted by molar-refractivity contribution is -0.142. The van der Waals surface area contributed by atoms with Crippen LogP contribution in [0.2, 0.25) is 0 Å². The highest BCUT2D eigenvalue weighted by Crippen LogP contribution is 2.20. The molecule has 1 heterocycles. The Kier molecular flexibility index (Phi) is 5.09. The van der Waals surface area contributed by atoms with Gasteiger partial charge in [0, 0.05) is 19.1 Å². The van der Waals surface area contributed by atoms with Crippen LogP contribution in [0.4, 0.5) is 4.39 Å². The largest absolute Gasteiger partial charge is 0.468 e. The van der Waals surface area contributed by atoms with E-state index >= 15 is 0 Å². The van der Waals surface area contributed by atoms with Crippen LogP contribution in [-0.4, -0.2) is 43.7 Å². The van der Waals surface area contributed by atoms with Gasteiger partial charge in [0.1, 0.15) is 5.82 Å². The van der Waals surface area contributed by atoms with Gasteiger partial charge in [0.15, 0.2) is 0 Å². The van der Waals surface area contributed by atoms with Crippen LogP contribution in [0.5, 0.6) is 0 Å². The summed E-state index contributed by atoms with van der Waals surface area (Å²) in [4.78, 5) is 13.4. The number of benzene rings is 1. The van der Waals surface area contributed by atoms with Crippen molar-refractivity contribution in [2.24, 2.45) is 11.7 Å². The monoisotopic (exact) mass is 280 g/mol. The highest BCUT2D eigenvalue weighted by atomic mass is 19.1. The van der Waals surface area contributed by atoms with Crippen LogP contribution in [0.15, 0.2) is 24.3 Å². The minimum absolute atomic E-state index is 0.0481. The molecule has 2 unspecified atom stereocenters. The van der Waals surface area contributed by atoms with Crippen LogP contribution in [-0.2, 0) is 16.0 Å². The Bertz CT molecular complexity index is 467. The first-order valence-electron chi connectivity index (χ1n) is 6.86. The van der Waals surface area contributed by atoms with E-state index in [1.807, 2.05) is 11.0 Å². The van der Waals surface area contributed by atoms with Gasteiger partial charge in [-0.2, -0.15) is 0 Å². The second-order valence-corrected chi connectivity index (χ2v) is 5.47. The number of carbonyl (C=O) groups excluding carboxylic acids is 1. The van der Waals surface area contributed by atoms with E-state index in [-0.39, 0.29) is 24.4 Å². The molecular weight excluding hydrogens is 259 g/mol. The van der Waals surface area contributed by atoms with E-state index in [0.717, 1.165) is 24.9 Å². The van der Waals surface area contributed by atoms with Gasteiger partial charge < -0.3 is 10.5 Å². The van der Waals surface area contributed by atoms with Crippen molar-refractivity contribution in [1.29, 1.82) is 0 Å². The fraction of sp³-hybridized carbons (Fsp3) is 0.533. The molecule has 1 saturated heterocycles. The first-order chi connectivity index (χ1) is 9.56. The molecule has 1 aliphatic heterocycles. The van der Waals surface area contributed by atoms with Gasteiger partial charge >= 0.3 is 5.97 Å². The number of rotatable bonds is 4. The number of hydrogen-bond donors (Lipinski definition) is 1. The van der Waals surface area contributed by atoms with E-state index in [0.29, 0.717) is 12.5 Å². The first-order valence-corrected chi connectivity index (χ1v) is 6.86. The molecule has 0 bridgehead atoms. The fourth-order valence-electron chi connectivity index (χ4n) is 2.87. The third-order valence-corrected chi connectivity index (χ3v) is 3.64. The molecule has 0 radical (unpaired) electrons. The summed E-state index contributed by atoms with van der Waals surface area (Å²) in [7, 11) is 1.39. The first kappa shape index (κ1) is 14.9. The molecule has 0 amide bonds. The standard InChI is InChI=1S/C15H21FN2O2/c1-20-15(19)10-18-8-12(7-14(17)9-18)5-11-3-2-4-13(16)6-11/h2-4,6,12,14H,5,7-10,17H2,1H3. The van der Waals surface area contributed by atoms with Crippen LogP contribution in [0.25, 0.3) is 0 Å². The van der Waals surface area contributed by atoms with Crippen LogP contribution in [0.3, 0.4) is 0 Å². The maximum atomic E-state index is 13.2. The van der Waals surface area contributed by atoms with Crippen molar-refractivity contribution in [2.45, 2.75) is 18.9 Å². The molecule has 1 aliphatic rings. The molecular formula is C15H21FN2O2. The van der Waals surface area contributed by atoms with Crippen molar-refractivity contribution in [2.75, 3.05) is 26.7 Å². The van der Waals surface area contributed by atoms with Crippen LogP contribution < -0.4 is 5.73 Å². The zero-order chi connectivity index (χ0) is 14.5. The lowest BCUT2D eigenvalue weighted by Gasteiger charge is -2.35. The van der Waals surface area contributed by atoms with Gasteiger partial charge in [-0.3, -0.25) is 9.69 Å². The lowest BCUT2D eigenvalue weighted by atomic mass is 9.89. The highest BCUT2D eigenvalue weighted by molar-refractivity contribution is 5.71. The lowest BCUT2D eigenvalue weighted by Crippen LogP contribution is -2.49. The fourth-order valence-corrected chi connectivity index (χ4v) is 2.87. The summed E-state index contributed by atoms with van der Waals surface area (Å²) in [5, 5.41) is 0. The molecule has 5 heteroatoms. The molecule has 0 saturated carbocycles. The van der Waals surface area contributed by atoms with E-state index in [1.165, 1.54) is 13.2 Å². The number of halogens is 1. The Morgan fingerprint density at radius 2 is 2.30 bits per heavy atom. The van der Waals surface area contributed by atoms with Crippen LogP contribution in [0.1, 0.15) is 12.0 Å². The summed E-state index contributed by atoms with van der Waals surface area (Å²) < 4.78 is 17.9. The molecule has 110 valence electrons. The molecule has 2 N–H and O–H groups in total. The van der Waals surface area contributed by atoms with Gasteiger partial charge in [-0.05, 0) is 36.5 Å². The quantitative estimate of drug-likeness (QED) is 0.842. The average Bonchev–Trinajstić information content (AvgIpc) is 2.37. The Morgan fingerprint density at radius 1 is 1.50 bits per heavy atom. The Labute approximate surface area is 118 Å². The molecule has 0 spiro atoms. The van der Waals surface area contributed by atoms with Gasteiger partial charge in [-0.1, -0.05) is 12.1 Å². The minimum Gasteiger partial charge on any atom is -0.468 e. The number of ether oxygens (including phenoxy) is 1. The van der Waals surface area contributed by atoms with Crippen molar-refractivity contribution in [3.8, 4) is 0 Å². The van der Waals surface area contributed by atoms with E-state index in [9.17, 15) is 9.18 Å². The van der Waals surface area contributed by atoms with Crippen molar-refractivity contribution in [1.82, 2.24) is 4.90 Å². The molecule has 2 atom stereocenters. The summed E-state index contributed by atoms with van der Waals surface area (Å²) in [6, 6.07) is 6.70. The average molecular weight is 280 g/mol. The third-order valence-electron chi connectivity index (χ3n) is 3.64. The number of hydrogen-bond acceptors (Lipinski definition) is 4. The zero-order valence-electron chi connectivity index (χ0n) is 11.7. The van der Waals surface area contributed by atoms with Crippen molar-refractivity contribution in [3.05, 3.63) is 35.6 Å². The topological polar surface area (TPSA) is 55.6 Å². The second kappa shape index (κ2) is 6.81. The molecule has 0 aliphatic carbocycles. The molecule has 20 heavy (non-hydrogen) atoms. The van der Waals surface area contributed by atoms with E-state index in [1.54, 1.807) is 12.1 Å². The number of carbonyl (C=O) groups is 1. The summed E-state index contributed by atoms with van der Waals surface area (Å²) in [6.45, 7) is 1.76. The smallest absolute Gasteiger partial charge is 0.319 e. The Morgan fingerprint density at radius 3 is 3.00 bits per heavy atom. The maximum Gasteiger partial charge on any atom is 0.319 e. The maximum absolute atomic E-state index is 13.2. The predicted octanol–water partition coefficient (Wildman–Crippen LogP) is 1.19.